The lowest BCUT2D eigenvalue weighted by Crippen LogP contribution is -2.34. The number of benzene rings is 1. The summed E-state index contributed by atoms with van der Waals surface area (Å²) in [5, 5.41) is 13.6. The molecule has 152 valence electrons. The molecule has 4 heterocycles. The van der Waals surface area contributed by atoms with E-state index in [2.05, 4.69) is 66.1 Å². The Kier molecular flexibility index (Phi) is 5.25. The Bertz CT molecular complexity index is 1050. The van der Waals surface area contributed by atoms with Crippen LogP contribution in [0.5, 0.6) is 0 Å². The van der Waals surface area contributed by atoms with Gasteiger partial charge in [-0.1, -0.05) is 36.4 Å². The van der Waals surface area contributed by atoms with Crippen molar-refractivity contribution in [2.24, 2.45) is 0 Å². The molecule has 0 atom stereocenters. The third-order valence-corrected chi connectivity index (χ3v) is 5.74. The first-order chi connectivity index (χ1) is 14.9. The van der Waals surface area contributed by atoms with Gasteiger partial charge in [0, 0.05) is 37.6 Å². The third kappa shape index (κ3) is 3.96. The van der Waals surface area contributed by atoms with E-state index in [1.54, 1.807) is 6.20 Å². The summed E-state index contributed by atoms with van der Waals surface area (Å²) in [4.78, 5) is 6.86. The molecule has 0 radical (unpaired) electrons. The van der Waals surface area contributed by atoms with Gasteiger partial charge in [0.15, 0.2) is 5.82 Å². The maximum atomic E-state index is 4.65. The van der Waals surface area contributed by atoms with Crippen LogP contribution < -0.4 is 4.90 Å². The van der Waals surface area contributed by atoms with Gasteiger partial charge >= 0.3 is 0 Å². The zero-order valence-corrected chi connectivity index (χ0v) is 16.9. The van der Waals surface area contributed by atoms with Crippen LogP contribution in [0, 0.1) is 0 Å². The van der Waals surface area contributed by atoms with E-state index in [9.17, 15) is 0 Å². The number of aromatic nitrogens is 6. The molecule has 1 saturated heterocycles. The summed E-state index contributed by atoms with van der Waals surface area (Å²) in [5.74, 6) is 3.49. The molecule has 0 unspecified atom stereocenters. The van der Waals surface area contributed by atoms with E-state index in [1.165, 1.54) is 5.56 Å². The van der Waals surface area contributed by atoms with Crippen LogP contribution in [-0.4, -0.2) is 42.6 Å². The standard InChI is InChI=1S/C23H25N7/c1-2-7-19(8-3-1)17-30-22(18-29-14-6-13-25-29)26-27-23(30)20-10-15-28(16-11-20)21-9-4-5-12-24-21/h1-9,12-14,20H,10-11,15-18H2. The minimum Gasteiger partial charge on any atom is -0.357 e. The van der Waals surface area contributed by atoms with E-state index in [4.69, 9.17) is 0 Å². The van der Waals surface area contributed by atoms with E-state index in [0.717, 1.165) is 49.9 Å². The lowest BCUT2D eigenvalue weighted by molar-refractivity contribution is 0.464. The van der Waals surface area contributed by atoms with Crippen molar-refractivity contribution in [3.05, 3.63) is 90.4 Å². The van der Waals surface area contributed by atoms with Crippen molar-refractivity contribution in [2.45, 2.75) is 31.8 Å². The largest absolute Gasteiger partial charge is 0.357 e. The molecule has 1 aromatic carbocycles. The van der Waals surface area contributed by atoms with Gasteiger partial charge in [-0.15, -0.1) is 10.2 Å². The van der Waals surface area contributed by atoms with Crippen LogP contribution >= 0.6 is 0 Å². The van der Waals surface area contributed by atoms with E-state index in [1.807, 2.05) is 35.3 Å². The number of pyridine rings is 1. The second kappa shape index (κ2) is 8.49. The first-order valence-electron chi connectivity index (χ1n) is 10.5. The summed E-state index contributed by atoms with van der Waals surface area (Å²) < 4.78 is 4.19. The molecule has 5 rings (SSSR count). The fourth-order valence-electron chi connectivity index (χ4n) is 4.15. The highest BCUT2D eigenvalue weighted by Gasteiger charge is 2.27. The Balaban J connectivity index is 1.38. The van der Waals surface area contributed by atoms with Crippen LogP contribution in [0.3, 0.4) is 0 Å². The van der Waals surface area contributed by atoms with Crippen molar-refractivity contribution < 1.29 is 0 Å². The summed E-state index contributed by atoms with van der Waals surface area (Å²) in [6.45, 7) is 3.36. The summed E-state index contributed by atoms with van der Waals surface area (Å²) in [6, 6.07) is 18.6. The summed E-state index contributed by atoms with van der Waals surface area (Å²) in [6.07, 6.45) is 7.72. The minimum atomic E-state index is 0.396. The molecular weight excluding hydrogens is 374 g/mol. The van der Waals surface area contributed by atoms with Gasteiger partial charge in [-0.25, -0.2) is 4.98 Å². The van der Waals surface area contributed by atoms with Crippen LogP contribution in [0.2, 0.25) is 0 Å². The molecule has 7 nitrogen and oxygen atoms in total. The Morgan fingerprint density at radius 2 is 1.67 bits per heavy atom. The van der Waals surface area contributed by atoms with Gasteiger partial charge in [0.05, 0.1) is 6.54 Å². The summed E-state index contributed by atoms with van der Waals surface area (Å²) >= 11 is 0. The zero-order valence-electron chi connectivity index (χ0n) is 16.9. The molecule has 4 aromatic rings. The molecule has 1 aliphatic heterocycles. The number of nitrogens with zero attached hydrogens (tertiary/aromatic N) is 7. The van der Waals surface area contributed by atoms with Gasteiger partial charge in [0.25, 0.3) is 0 Å². The second-order valence-electron chi connectivity index (χ2n) is 7.70. The summed E-state index contributed by atoms with van der Waals surface area (Å²) in [7, 11) is 0. The molecular formula is C23H25N7. The average Bonchev–Trinajstić information content (AvgIpc) is 3.46. The molecule has 1 fully saturated rings. The molecule has 0 saturated carbocycles. The lowest BCUT2D eigenvalue weighted by atomic mass is 9.95. The topological polar surface area (TPSA) is 64.7 Å². The number of rotatable bonds is 6. The Labute approximate surface area is 176 Å². The van der Waals surface area contributed by atoms with Crippen LogP contribution in [-0.2, 0) is 13.1 Å². The average molecular weight is 400 g/mol. The number of hydrogen-bond acceptors (Lipinski definition) is 5. The van der Waals surface area contributed by atoms with Crippen molar-refractivity contribution in [2.75, 3.05) is 18.0 Å². The normalized spacial score (nSPS) is 14.9. The highest BCUT2D eigenvalue weighted by molar-refractivity contribution is 5.38. The molecule has 0 bridgehead atoms. The quantitative estimate of drug-likeness (QED) is 0.497. The molecule has 0 spiro atoms. The van der Waals surface area contributed by atoms with Gasteiger partial charge in [-0.2, -0.15) is 5.10 Å². The second-order valence-corrected chi connectivity index (χ2v) is 7.70. The smallest absolute Gasteiger partial charge is 0.155 e. The number of hydrogen-bond donors (Lipinski definition) is 0. The molecule has 1 aliphatic rings. The van der Waals surface area contributed by atoms with Gasteiger partial charge < -0.3 is 9.47 Å². The van der Waals surface area contributed by atoms with Crippen molar-refractivity contribution in [3.8, 4) is 0 Å². The highest BCUT2D eigenvalue weighted by atomic mass is 15.3. The zero-order chi connectivity index (χ0) is 20.2. The highest BCUT2D eigenvalue weighted by Crippen LogP contribution is 2.29. The summed E-state index contributed by atoms with van der Waals surface area (Å²) in [5.41, 5.74) is 1.26. The maximum absolute atomic E-state index is 4.65. The molecule has 3 aromatic heterocycles. The fraction of sp³-hybridized carbons (Fsp3) is 0.304. The molecule has 0 N–H and O–H groups in total. The van der Waals surface area contributed by atoms with Crippen LogP contribution in [0.25, 0.3) is 0 Å². The predicted molar refractivity (Wildman–Crippen MR) is 115 cm³/mol. The van der Waals surface area contributed by atoms with Gasteiger partial charge in [-0.3, -0.25) is 4.68 Å². The third-order valence-electron chi connectivity index (χ3n) is 5.74. The minimum absolute atomic E-state index is 0.396. The first kappa shape index (κ1) is 18.5. The van der Waals surface area contributed by atoms with Crippen LogP contribution in [0.15, 0.2) is 73.2 Å². The van der Waals surface area contributed by atoms with E-state index < -0.39 is 0 Å². The van der Waals surface area contributed by atoms with Crippen molar-refractivity contribution in [1.82, 2.24) is 29.5 Å². The fourth-order valence-corrected chi connectivity index (χ4v) is 4.15. The van der Waals surface area contributed by atoms with E-state index >= 15 is 0 Å². The monoisotopic (exact) mass is 399 g/mol. The first-order valence-corrected chi connectivity index (χ1v) is 10.5. The lowest BCUT2D eigenvalue weighted by Gasteiger charge is -2.32. The Morgan fingerprint density at radius 3 is 2.40 bits per heavy atom. The predicted octanol–water partition coefficient (Wildman–Crippen LogP) is 3.35. The van der Waals surface area contributed by atoms with E-state index in [0.29, 0.717) is 12.5 Å². The molecule has 30 heavy (non-hydrogen) atoms. The van der Waals surface area contributed by atoms with Gasteiger partial charge in [0.1, 0.15) is 18.2 Å². The van der Waals surface area contributed by atoms with Crippen LogP contribution in [0.1, 0.15) is 36.0 Å². The van der Waals surface area contributed by atoms with E-state index in [-0.39, 0.29) is 0 Å². The Hall–Kier alpha value is -3.48. The van der Waals surface area contributed by atoms with Gasteiger partial charge in [0.2, 0.25) is 0 Å². The SMILES string of the molecule is c1ccc(Cn2c(Cn3cccn3)nnc2C2CCN(c3ccccn3)CC2)cc1. The molecule has 7 heteroatoms. The molecule has 0 aliphatic carbocycles. The van der Waals surface area contributed by atoms with Crippen molar-refractivity contribution >= 4 is 5.82 Å². The molecule has 0 amide bonds. The van der Waals surface area contributed by atoms with Gasteiger partial charge in [-0.05, 0) is 36.6 Å². The van der Waals surface area contributed by atoms with Crippen LogP contribution in [0.4, 0.5) is 5.82 Å². The maximum Gasteiger partial charge on any atom is 0.155 e. The Morgan fingerprint density at radius 1 is 0.833 bits per heavy atom. The van der Waals surface area contributed by atoms with Crippen molar-refractivity contribution in [1.29, 1.82) is 0 Å². The number of piperidine rings is 1. The van der Waals surface area contributed by atoms with Crippen molar-refractivity contribution in [3.63, 3.8) is 0 Å². The number of anilines is 1.